The number of amidine groups is 1. The van der Waals surface area contributed by atoms with Crippen LogP contribution in [0.25, 0.3) is 11.4 Å². The van der Waals surface area contributed by atoms with E-state index in [-0.39, 0.29) is 0 Å². The van der Waals surface area contributed by atoms with E-state index in [0.717, 1.165) is 45.8 Å². The van der Waals surface area contributed by atoms with Gasteiger partial charge in [0.25, 0.3) is 0 Å². The fraction of sp³-hybridized carbons (Fsp3) is 0.174. The lowest BCUT2D eigenvalue weighted by atomic mass is 10.0. The summed E-state index contributed by atoms with van der Waals surface area (Å²) in [6, 6.07) is 14.4. The largest absolute Gasteiger partial charge is 0.334 e. The standard InChI is InChI=1S/C23H21N5S/c1-14-9-15(2)19-11-17(26-21(19)10-14)13-29-23-25-16(3)20-12-24-28(22(20)27-23)18-7-5-4-6-8-18/h4-10,12H,3,11,13H2,1-2H3,(H,25,27). The Kier molecular flexibility index (Phi) is 4.36. The van der Waals surface area contributed by atoms with Gasteiger partial charge in [0.2, 0.25) is 0 Å². The lowest BCUT2D eigenvalue weighted by Crippen LogP contribution is -2.23. The van der Waals surface area contributed by atoms with Gasteiger partial charge in [-0.05, 0) is 48.7 Å². The summed E-state index contributed by atoms with van der Waals surface area (Å²) >= 11 is 1.66. The molecule has 1 N–H and O–H groups in total. The van der Waals surface area contributed by atoms with Crippen LogP contribution >= 0.6 is 11.8 Å². The Labute approximate surface area is 174 Å². The summed E-state index contributed by atoms with van der Waals surface area (Å²) in [5, 5.41) is 8.65. The third-order valence-corrected chi connectivity index (χ3v) is 6.11. The molecule has 0 bridgehead atoms. The molecule has 0 saturated carbocycles. The molecule has 5 nitrogen and oxygen atoms in total. The van der Waals surface area contributed by atoms with Gasteiger partial charge in [-0.1, -0.05) is 42.6 Å². The minimum absolute atomic E-state index is 0.793. The molecule has 144 valence electrons. The van der Waals surface area contributed by atoms with E-state index in [9.17, 15) is 0 Å². The van der Waals surface area contributed by atoms with Gasteiger partial charge in [0.05, 0.1) is 23.1 Å². The maximum Gasteiger partial charge on any atom is 0.168 e. The maximum absolute atomic E-state index is 4.85. The summed E-state index contributed by atoms with van der Waals surface area (Å²) in [4.78, 5) is 9.68. The highest BCUT2D eigenvalue weighted by atomic mass is 32.2. The second-order valence-corrected chi connectivity index (χ2v) is 8.34. The molecule has 2 aromatic carbocycles. The minimum Gasteiger partial charge on any atom is -0.334 e. The normalized spacial score (nSPS) is 14.8. The molecular weight excluding hydrogens is 378 g/mol. The van der Waals surface area contributed by atoms with Gasteiger partial charge in [-0.3, -0.25) is 4.99 Å². The smallest absolute Gasteiger partial charge is 0.168 e. The Morgan fingerprint density at radius 3 is 2.79 bits per heavy atom. The summed E-state index contributed by atoms with van der Waals surface area (Å²) in [7, 11) is 0. The topological polar surface area (TPSA) is 54.6 Å². The number of hydrogen-bond donors (Lipinski definition) is 1. The molecule has 2 aliphatic rings. The van der Waals surface area contributed by atoms with Crippen LogP contribution in [0.3, 0.4) is 0 Å². The predicted octanol–water partition coefficient (Wildman–Crippen LogP) is 5.11. The first-order chi connectivity index (χ1) is 14.1. The highest BCUT2D eigenvalue weighted by Crippen LogP contribution is 2.34. The van der Waals surface area contributed by atoms with Gasteiger partial charge in [-0.25, -0.2) is 9.67 Å². The van der Waals surface area contributed by atoms with E-state index in [0.29, 0.717) is 0 Å². The van der Waals surface area contributed by atoms with Gasteiger partial charge >= 0.3 is 0 Å². The van der Waals surface area contributed by atoms with E-state index in [1.165, 1.54) is 22.4 Å². The van der Waals surface area contributed by atoms with Gasteiger partial charge < -0.3 is 5.32 Å². The third kappa shape index (κ3) is 3.29. The molecule has 2 aliphatic heterocycles. The quantitative estimate of drug-likeness (QED) is 0.666. The molecule has 3 heterocycles. The second kappa shape index (κ2) is 7.04. The van der Waals surface area contributed by atoms with Crippen LogP contribution in [0.4, 0.5) is 11.5 Å². The van der Waals surface area contributed by atoms with Crippen LogP contribution in [0.15, 0.2) is 65.2 Å². The molecule has 0 amide bonds. The molecule has 0 radical (unpaired) electrons. The van der Waals surface area contributed by atoms with E-state index in [1.807, 2.05) is 41.2 Å². The summed E-state index contributed by atoms with van der Waals surface area (Å²) in [5.41, 5.74) is 8.95. The first kappa shape index (κ1) is 17.9. The van der Waals surface area contributed by atoms with Crippen LogP contribution in [0.1, 0.15) is 22.3 Å². The van der Waals surface area contributed by atoms with Crippen molar-refractivity contribution in [2.24, 2.45) is 9.98 Å². The summed E-state index contributed by atoms with van der Waals surface area (Å²) in [5.74, 6) is 1.60. The minimum atomic E-state index is 0.793. The van der Waals surface area contributed by atoms with E-state index in [1.54, 1.807) is 11.8 Å². The first-order valence-electron chi connectivity index (χ1n) is 9.56. The number of aliphatic imine (C=N–C) groups is 2. The molecule has 0 atom stereocenters. The Morgan fingerprint density at radius 1 is 1.14 bits per heavy atom. The molecule has 0 aliphatic carbocycles. The number of rotatable bonds is 3. The molecule has 0 unspecified atom stereocenters. The zero-order valence-electron chi connectivity index (χ0n) is 16.4. The number of thioether (sulfide) groups is 1. The number of aryl methyl sites for hydroxylation is 2. The fourth-order valence-electron chi connectivity index (χ4n) is 3.76. The number of aromatic nitrogens is 2. The highest BCUT2D eigenvalue weighted by molar-refractivity contribution is 8.14. The van der Waals surface area contributed by atoms with Gasteiger partial charge in [0.1, 0.15) is 0 Å². The molecule has 0 spiro atoms. The number of fused-ring (bicyclic) bond motifs is 2. The van der Waals surface area contributed by atoms with E-state index < -0.39 is 0 Å². The SMILES string of the molecule is C=C1NC(SCC2=Nc3cc(C)cc(C)c3C2)=Nc2c1cnn2-c1ccccc1. The lowest BCUT2D eigenvalue weighted by molar-refractivity contribution is 0.879. The summed E-state index contributed by atoms with van der Waals surface area (Å²) in [6.45, 7) is 8.44. The number of para-hydroxylation sites is 1. The number of hydrogen-bond acceptors (Lipinski definition) is 5. The van der Waals surface area contributed by atoms with Gasteiger partial charge in [-0.2, -0.15) is 5.10 Å². The van der Waals surface area contributed by atoms with Crippen LogP contribution in [-0.2, 0) is 6.42 Å². The molecule has 5 rings (SSSR count). The van der Waals surface area contributed by atoms with Crippen LogP contribution < -0.4 is 5.32 Å². The average molecular weight is 400 g/mol. The Morgan fingerprint density at radius 2 is 1.97 bits per heavy atom. The number of nitrogens with one attached hydrogen (secondary N) is 1. The van der Waals surface area contributed by atoms with Gasteiger partial charge in [-0.15, -0.1) is 0 Å². The number of nitrogens with zero attached hydrogens (tertiary/aromatic N) is 4. The zero-order chi connectivity index (χ0) is 20.0. The molecule has 0 fully saturated rings. The molecule has 1 aromatic heterocycles. The van der Waals surface area contributed by atoms with Crippen molar-refractivity contribution in [1.29, 1.82) is 0 Å². The van der Waals surface area contributed by atoms with Crippen molar-refractivity contribution in [3.63, 3.8) is 0 Å². The van der Waals surface area contributed by atoms with Crippen molar-refractivity contribution >= 4 is 39.8 Å². The van der Waals surface area contributed by atoms with Crippen LogP contribution in [0.2, 0.25) is 0 Å². The highest BCUT2D eigenvalue weighted by Gasteiger charge is 2.22. The Balaban J connectivity index is 1.38. The number of benzene rings is 2. The average Bonchev–Trinajstić information content (AvgIpc) is 3.31. The summed E-state index contributed by atoms with van der Waals surface area (Å²) in [6.07, 6.45) is 2.72. The second-order valence-electron chi connectivity index (χ2n) is 7.37. The van der Waals surface area contributed by atoms with Crippen molar-refractivity contribution in [3.05, 3.63) is 77.5 Å². The Bertz CT molecular complexity index is 1190. The monoisotopic (exact) mass is 399 g/mol. The Hall–Kier alpha value is -3.12. The molecule has 29 heavy (non-hydrogen) atoms. The maximum atomic E-state index is 4.85. The third-order valence-electron chi connectivity index (χ3n) is 5.16. The van der Waals surface area contributed by atoms with Gasteiger partial charge in [0.15, 0.2) is 11.0 Å². The van der Waals surface area contributed by atoms with Crippen molar-refractivity contribution in [2.75, 3.05) is 5.75 Å². The lowest BCUT2D eigenvalue weighted by Gasteiger charge is -2.17. The molecule has 3 aromatic rings. The van der Waals surface area contributed by atoms with Crippen molar-refractivity contribution in [1.82, 2.24) is 15.1 Å². The fourth-order valence-corrected chi connectivity index (χ4v) is 4.58. The molecular formula is C23H21N5S. The van der Waals surface area contributed by atoms with Crippen LogP contribution in [-0.4, -0.2) is 26.4 Å². The summed E-state index contributed by atoms with van der Waals surface area (Å²) < 4.78 is 1.86. The van der Waals surface area contributed by atoms with Crippen molar-refractivity contribution in [3.8, 4) is 5.69 Å². The van der Waals surface area contributed by atoms with E-state index in [4.69, 9.17) is 9.98 Å². The molecule has 6 heteroatoms. The van der Waals surface area contributed by atoms with Crippen molar-refractivity contribution < 1.29 is 0 Å². The molecule has 0 saturated heterocycles. The zero-order valence-corrected chi connectivity index (χ0v) is 17.3. The van der Waals surface area contributed by atoms with E-state index >= 15 is 0 Å². The van der Waals surface area contributed by atoms with E-state index in [2.05, 4.69) is 43.0 Å². The van der Waals surface area contributed by atoms with Gasteiger partial charge in [0, 0.05) is 23.6 Å². The van der Waals surface area contributed by atoms with Crippen LogP contribution in [0.5, 0.6) is 0 Å². The van der Waals surface area contributed by atoms with Crippen molar-refractivity contribution in [2.45, 2.75) is 20.3 Å². The first-order valence-corrected chi connectivity index (χ1v) is 10.5. The predicted molar refractivity (Wildman–Crippen MR) is 122 cm³/mol. The van der Waals surface area contributed by atoms with Crippen LogP contribution in [0, 0.1) is 13.8 Å².